The van der Waals surface area contributed by atoms with Crippen LogP contribution >= 0.6 is 45.2 Å². The van der Waals surface area contributed by atoms with Crippen molar-refractivity contribution in [2.75, 3.05) is 0 Å². The maximum Gasteiger partial charge on any atom is 0.124 e. The monoisotopic (exact) mass is 396 g/mol. The second-order valence-electron chi connectivity index (χ2n) is 2.54. The smallest absolute Gasteiger partial charge is 0.124 e. The van der Waals surface area contributed by atoms with E-state index in [0.717, 1.165) is 13.1 Å². The SMILES string of the molecule is Ic1cc(I)n(-c2ccccc2)n1. The number of benzene rings is 1. The molecule has 13 heavy (non-hydrogen) atoms. The Balaban J connectivity index is 2.53. The normalized spacial score (nSPS) is 10.3. The zero-order valence-electron chi connectivity index (χ0n) is 6.61. The Morgan fingerprint density at radius 3 is 2.31 bits per heavy atom. The number of hydrogen-bond donors (Lipinski definition) is 0. The first-order valence-electron chi connectivity index (χ1n) is 3.74. The summed E-state index contributed by atoms with van der Waals surface area (Å²) in [6, 6.07) is 12.2. The summed E-state index contributed by atoms with van der Waals surface area (Å²) in [5.41, 5.74) is 1.11. The predicted molar refractivity (Wildman–Crippen MR) is 69.0 cm³/mol. The van der Waals surface area contributed by atoms with Gasteiger partial charge in [0.05, 0.1) is 5.69 Å². The molecule has 0 unspecified atom stereocenters. The lowest BCUT2D eigenvalue weighted by Crippen LogP contribution is -1.97. The summed E-state index contributed by atoms with van der Waals surface area (Å²) >= 11 is 4.50. The molecule has 0 amide bonds. The minimum Gasteiger partial charge on any atom is -0.227 e. The van der Waals surface area contributed by atoms with Crippen molar-refractivity contribution >= 4 is 45.2 Å². The van der Waals surface area contributed by atoms with Crippen molar-refractivity contribution in [2.24, 2.45) is 0 Å². The van der Waals surface area contributed by atoms with E-state index in [1.54, 1.807) is 0 Å². The Labute approximate surface area is 104 Å². The van der Waals surface area contributed by atoms with Crippen molar-refractivity contribution < 1.29 is 0 Å². The number of hydrogen-bond acceptors (Lipinski definition) is 1. The average molecular weight is 396 g/mol. The van der Waals surface area contributed by atoms with E-state index in [0.29, 0.717) is 0 Å². The molecule has 0 saturated carbocycles. The summed E-state index contributed by atoms with van der Waals surface area (Å²) in [5.74, 6) is 0. The van der Waals surface area contributed by atoms with Crippen LogP contribution < -0.4 is 0 Å². The van der Waals surface area contributed by atoms with Crippen LogP contribution in [0.5, 0.6) is 0 Å². The standard InChI is InChI=1S/C9H6I2N2/c10-8-6-9(11)13(12-8)7-4-2-1-3-5-7/h1-6H. The molecule has 4 heteroatoms. The van der Waals surface area contributed by atoms with E-state index < -0.39 is 0 Å². The van der Waals surface area contributed by atoms with E-state index in [1.807, 2.05) is 41.1 Å². The van der Waals surface area contributed by atoms with E-state index in [4.69, 9.17) is 0 Å². The highest BCUT2D eigenvalue weighted by molar-refractivity contribution is 14.1. The van der Waals surface area contributed by atoms with Crippen LogP contribution in [0.3, 0.4) is 0 Å². The second-order valence-corrected chi connectivity index (χ2v) is 4.75. The van der Waals surface area contributed by atoms with E-state index in [2.05, 4.69) is 50.3 Å². The zero-order valence-corrected chi connectivity index (χ0v) is 10.9. The third-order valence-electron chi connectivity index (χ3n) is 1.64. The van der Waals surface area contributed by atoms with Gasteiger partial charge in [-0.3, -0.25) is 0 Å². The predicted octanol–water partition coefficient (Wildman–Crippen LogP) is 3.08. The van der Waals surface area contributed by atoms with Crippen LogP contribution in [0, 0.1) is 7.40 Å². The highest BCUT2D eigenvalue weighted by Gasteiger charge is 2.03. The van der Waals surface area contributed by atoms with Crippen molar-refractivity contribution in [3.63, 3.8) is 0 Å². The fraction of sp³-hybridized carbons (Fsp3) is 0. The molecule has 2 aromatic rings. The van der Waals surface area contributed by atoms with Crippen LogP contribution in [0.4, 0.5) is 0 Å². The molecule has 0 aliphatic heterocycles. The van der Waals surface area contributed by atoms with E-state index in [-0.39, 0.29) is 0 Å². The minimum atomic E-state index is 1.02. The van der Waals surface area contributed by atoms with Crippen LogP contribution in [-0.2, 0) is 0 Å². The van der Waals surface area contributed by atoms with Gasteiger partial charge in [0.2, 0.25) is 0 Å². The molecular weight excluding hydrogens is 390 g/mol. The van der Waals surface area contributed by atoms with Crippen molar-refractivity contribution in [3.05, 3.63) is 43.8 Å². The lowest BCUT2D eigenvalue weighted by molar-refractivity contribution is 0.849. The average Bonchev–Trinajstić information content (AvgIpc) is 2.47. The van der Waals surface area contributed by atoms with Crippen LogP contribution in [0.25, 0.3) is 5.69 Å². The maximum absolute atomic E-state index is 4.38. The minimum absolute atomic E-state index is 1.02. The Kier molecular flexibility index (Phi) is 2.87. The first-order valence-corrected chi connectivity index (χ1v) is 5.89. The number of halogens is 2. The molecule has 0 aliphatic rings. The van der Waals surface area contributed by atoms with Crippen LogP contribution in [0.15, 0.2) is 36.4 Å². The molecular formula is C9H6I2N2. The molecule has 0 aliphatic carbocycles. The summed E-state index contributed by atoms with van der Waals surface area (Å²) in [4.78, 5) is 0. The number of rotatable bonds is 1. The fourth-order valence-electron chi connectivity index (χ4n) is 1.08. The van der Waals surface area contributed by atoms with Crippen molar-refractivity contribution in [3.8, 4) is 5.69 Å². The van der Waals surface area contributed by atoms with Gasteiger partial charge in [-0.15, -0.1) is 0 Å². The Morgan fingerprint density at radius 2 is 1.77 bits per heavy atom. The van der Waals surface area contributed by atoms with Gasteiger partial charge in [0, 0.05) is 6.07 Å². The first kappa shape index (κ1) is 9.45. The Hall–Kier alpha value is -0.110. The molecule has 2 rings (SSSR count). The molecule has 66 valence electrons. The van der Waals surface area contributed by atoms with Gasteiger partial charge in [0.1, 0.15) is 7.40 Å². The molecule has 0 N–H and O–H groups in total. The maximum atomic E-state index is 4.38. The lowest BCUT2D eigenvalue weighted by atomic mass is 10.3. The van der Waals surface area contributed by atoms with Crippen molar-refractivity contribution in [2.45, 2.75) is 0 Å². The largest absolute Gasteiger partial charge is 0.227 e. The van der Waals surface area contributed by atoms with Gasteiger partial charge in [-0.05, 0) is 57.3 Å². The highest BCUT2D eigenvalue weighted by atomic mass is 127. The molecule has 0 atom stereocenters. The fourth-order valence-corrected chi connectivity index (χ4v) is 2.87. The second kappa shape index (κ2) is 3.95. The topological polar surface area (TPSA) is 17.8 Å². The third kappa shape index (κ3) is 2.04. The molecule has 1 aromatic heterocycles. The molecule has 0 radical (unpaired) electrons. The molecule has 1 heterocycles. The van der Waals surface area contributed by atoms with Gasteiger partial charge in [-0.1, -0.05) is 18.2 Å². The number of nitrogens with zero attached hydrogens (tertiary/aromatic N) is 2. The van der Waals surface area contributed by atoms with Gasteiger partial charge in [-0.25, -0.2) is 4.68 Å². The summed E-state index contributed by atoms with van der Waals surface area (Å²) in [5, 5.41) is 4.38. The van der Waals surface area contributed by atoms with Gasteiger partial charge in [0.15, 0.2) is 0 Å². The van der Waals surface area contributed by atoms with Gasteiger partial charge < -0.3 is 0 Å². The number of aromatic nitrogens is 2. The summed E-state index contributed by atoms with van der Waals surface area (Å²) in [7, 11) is 0. The van der Waals surface area contributed by atoms with Crippen molar-refractivity contribution in [1.29, 1.82) is 0 Å². The van der Waals surface area contributed by atoms with Crippen LogP contribution in [0.1, 0.15) is 0 Å². The Bertz CT molecular complexity index is 409. The molecule has 0 spiro atoms. The van der Waals surface area contributed by atoms with Gasteiger partial charge >= 0.3 is 0 Å². The highest BCUT2D eigenvalue weighted by Crippen LogP contribution is 2.15. The first-order chi connectivity index (χ1) is 6.27. The third-order valence-corrected chi connectivity index (χ3v) is 2.93. The molecule has 0 bridgehead atoms. The van der Waals surface area contributed by atoms with Crippen molar-refractivity contribution in [1.82, 2.24) is 9.78 Å². The number of para-hydroxylation sites is 1. The lowest BCUT2D eigenvalue weighted by Gasteiger charge is -2.01. The quantitative estimate of drug-likeness (QED) is 0.678. The van der Waals surface area contributed by atoms with Gasteiger partial charge in [0.25, 0.3) is 0 Å². The molecule has 2 nitrogen and oxygen atoms in total. The van der Waals surface area contributed by atoms with Crippen LogP contribution in [0.2, 0.25) is 0 Å². The van der Waals surface area contributed by atoms with E-state index in [1.165, 1.54) is 0 Å². The van der Waals surface area contributed by atoms with Gasteiger partial charge in [-0.2, -0.15) is 5.10 Å². The molecule has 0 saturated heterocycles. The van der Waals surface area contributed by atoms with Crippen LogP contribution in [-0.4, -0.2) is 9.78 Å². The summed E-state index contributed by atoms with van der Waals surface area (Å²) in [6.45, 7) is 0. The summed E-state index contributed by atoms with van der Waals surface area (Å²) < 4.78 is 4.08. The van der Waals surface area contributed by atoms with E-state index in [9.17, 15) is 0 Å². The zero-order chi connectivity index (χ0) is 9.26. The summed E-state index contributed by atoms with van der Waals surface area (Å²) in [6.07, 6.45) is 0. The van der Waals surface area contributed by atoms with E-state index >= 15 is 0 Å². The Morgan fingerprint density at radius 1 is 1.08 bits per heavy atom. The molecule has 0 fully saturated rings. The molecule has 1 aromatic carbocycles.